The van der Waals surface area contributed by atoms with Gasteiger partial charge in [-0.1, -0.05) is 71.4 Å². The second kappa shape index (κ2) is 6.94. The lowest BCUT2D eigenvalue weighted by Gasteiger charge is -2.40. The van der Waals surface area contributed by atoms with Crippen LogP contribution in [0, 0.1) is 5.92 Å². The summed E-state index contributed by atoms with van der Waals surface area (Å²) in [6.07, 6.45) is 2.41. The molecule has 1 rings (SSSR count). The van der Waals surface area contributed by atoms with Crippen molar-refractivity contribution in [1.29, 1.82) is 0 Å². The first-order chi connectivity index (χ1) is 8.56. The molecule has 0 aliphatic heterocycles. The first-order valence-corrected chi connectivity index (χ1v) is 7.35. The molecule has 2 atom stereocenters. The third kappa shape index (κ3) is 3.35. The van der Waals surface area contributed by atoms with E-state index >= 15 is 0 Å². The molecule has 0 aliphatic rings. The Morgan fingerprint density at radius 3 is 2.11 bits per heavy atom. The number of benzene rings is 1. The molecule has 1 aromatic rings. The summed E-state index contributed by atoms with van der Waals surface area (Å²) < 4.78 is 0. The Kier molecular flexibility index (Phi) is 5.87. The number of rotatable bonds is 7. The van der Waals surface area contributed by atoms with Crippen LogP contribution in [0.15, 0.2) is 30.3 Å². The summed E-state index contributed by atoms with van der Waals surface area (Å²) in [5.74, 6) is 0.691. The number of hydrogen-bond donors (Lipinski definition) is 1. The van der Waals surface area contributed by atoms with E-state index in [1.807, 2.05) is 0 Å². The number of nitrogens with one attached hydrogen (secondary N) is 1. The molecule has 1 N–H and O–H groups in total. The fraction of sp³-hybridized carbons (Fsp3) is 0.647. The molecule has 102 valence electrons. The van der Waals surface area contributed by atoms with Gasteiger partial charge >= 0.3 is 0 Å². The van der Waals surface area contributed by atoms with E-state index in [4.69, 9.17) is 0 Å². The van der Waals surface area contributed by atoms with Gasteiger partial charge in [-0.15, -0.1) is 0 Å². The van der Waals surface area contributed by atoms with E-state index in [0.717, 1.165) is 6.54 Å². The van der Waals surface area contributed by atoms with Crippen molar-refractivity contribution in [2.24, 2.45) is 5.92 Å². The van der Waals surface area contributed by atoms with Crippen molar-refractivity contribution in [1.82, 2.24) is 5.32 Å². The topological polar surface area (TPSA) is 12.0 Å². The molecule has 18 heavy (non-hydrogen) atoms. The summed E-state index contributed by atoms with van der Waals surface area (Å²) in [5, 5.41) is 3.65. The molecule has 0 bridgehead atoms. The van der Waals surface area contributed by atoms with E-state index in [9.17, 15) is 0 Å². The van der Waals surface area contributed by atoms with Crippen LogP contribution in [0.3, 0.4) is 0 Å². The third-order valence-corrected chi connectivity index (χ3v) is 4.36. The van der Waals surface area contributed by atoms with Gasteiger partial charge in [-0.25, -0.2) is 0 Å². The highest BCUT2D eigenvalue weighted by molar-refractivity contribution is 5.27. The number of hydrogen-bond acceptors (Lipinski definition) is 1. The minimum atomic E-state index is 0.264. The largest absolute Gasteiger partial charge is 0.314 e. The SMILES string of the molecule is CCC(C)C(CC)(CNC(C)C)c1ccccc1. The second-order valence-electron chi connectivity index (χ2n) is 5.72. The van der Waals surface area contributed by atoms with Crippen molar-refractivity contribution in [3.8, 4) is 0 Å². The first-order valence-electron chi connectivity index (χ1n) is 7.35. The maximum atomic E-state index is 3.65. The van der Waals surface area contributed by atoms with Crippen LogP contribution in [0.25, 0.3) is 0 Å². The van der Waals surface area contributed by atoms with Crippen molar-refractivity contribution >= 4 is 0 Å². The Hall–Kier alpha value is -0.820. The molecule has 0 aliphatic carbocycles. The van der Waals surface area contributed by atoms with Crippen molar-refractivity contribution in [3.63, 3.8) is 0 Å². The molecule has 0 spiro atoms. The lowest BCUT2D eigenvalue weighted by Crippen LogP contribution is -2.44. The molecule has 2 unspecified atom stereocenters. The van der Waals surface area contributed by atoms with Crippen LogP contribution in [0.2, 0.25) is 0 Å². The quantitative estimate of drug-likeness (QED) is 0.754. The van der Waals surface area contributed by atoms with E-state index in [1.54, 1.807) is 0 Å². The van der Waals surface area contributed by atoms with Crippen molar-refractivity contribution in [2.45, 2.75) is 58.9 Å². The Balaban J connectivity index is 3.06. The van der Waals surface area contributed by atoms with Gasteiger partial charge in [0.1, 0.15) is 0 Å². The van der Waals surface area contributed by atoms with Gasteiger partial charge < -0.3 is 5.32 Å². The van der Waals surface area contributed by atoms with Crippen LogP contribution in [-0.4, -0.2) is 12.6 Å². The van der Waals surface area contributed by atoms with Gasteiger partial charge in [0.05, 0.1) is 0 Å². The van der Waals surface area contributed by atoms with E-state index in [2.05, 4.69) is 70.3 Å². The van der Waals surface area contributed by atoms with Crippen LogP contribution >= 0.6 is 0 Å². The van der Waals surface area contributed by atoms with Crippen LogP contribution in [0.1, 0.15) is 53.0 Å². The fourth-order valence-electron chi connectivity index (χ4n) is 2.79. The monoisotopic (exact) mass is 247 g/mol. The zero-order chi connectivity index (χ0) is 13.6. The molecule has 0 aromatic heterocycles. The molecule has 0 amide bonds. The average molecular weight is 247 g/mol. The molecule has 1 heteroatoms. The minimum absolute atomic E-state index is 0.264. The minimum Gasteiger partial charge on any atom is -0.314 e. The van der Waals surface area contributed by atoms with Crippen molar-refractivity contribution in [3.05, 3.63) is 35.9 Å². The van der Waals surface area contributed by atoms with E-state index in [-0.39, 0.29) is 5.41 Å². The zero-order valence-electron chi connectivity index (χ0n) is 12.7. The van der Waals surface area contributed by atoms with Crippen molar-refractivity contribution in [2.75, 3.05) is 6.54 Å². The normalized spacial score (nSPS) is 16.6. The summed E-state index contributed by atoms with van der Waals surface area (Å²) >= 11 is 0. The first kappa shape index (κ1) is 15.2. The van der Waals surface area contributed by atoms with Crippen LogP contribution in [0.5, 0.6) is 0 Å². The van der Waals surface area contributed by atoms with Gasteiger partial charge in [-0.05, 0) is 17.9 Å². The predicted octanol–water partition coefficient (Wildman–Crippen LogP) is 4.38. The molecule has 0 fully saturated rings. The zero-order valence-corrected chi connectivity index (χ0v) is 12.7. The van der Waals surface area contributed by atoms with Gasteiger partial charge in [0.2, 0.25) is 0 Å². The Morgan fingerprint density at radius 2 is 1.67 bits per heavy atom. The van der Waals surface area contributed by atoms with E-state index < -0.39 is 0 Å². The van der Waals surface area contributed by atoms with Crippen LogP contribution in [0.4, 0.5) is 0 Å². The van der Waals surface area contributed by atoms with Crippen LogP contribution < -0.4 is 5.32 Å². The molecule has 0 saturated heterocycles. The molecule has 1 aromatic carbocycles. The van der Waals surface area contributed by atoms with Gasteiger partial charge in [0.15, 0.2) is 0 Å². The molecule has 0 saturated carbocycles. The molecular formula is C17H29N. The maximum absolute atomic E-state index is 3.65. The lowest BCUT2D eigenvalue weighted by atomic mass is 9.68. The lowest BCUT2D eigenvalue weighted by molar-refractivity contribution is 0.250. The Bertz CT molecular complexity index is 331. The summed E-state index contributed by atoms with van der Waals surface area (Å²) in [6.45, 7) is 12.5. The standard InChI is InChI=1S/C17H29N/c1-6-15(5)17(7-2,13-18-14(3)4)16-11-9-8-10-12-16/h8-12,14-15,18H,6-7,13H2,1-5H3. The van der Waals surface area contributed by atoms with Gasteiger partial charge in [-0.2, -0.15) is 0 Å². The third-order valence-electron chi connectivity index (χ3n) is 4.36. The Morgan fingerprint density at radius 1 is 1.06 bits per heavy atom. The average Bonchev–Trinajstić information content (AvgIpc) is 2.40. The summed E-state index contributed by atoms with van der Waals surface area (Å²) in [4.78, 5) is 0. The molecule has 0 radical (unpaired) electrons. The smallest absolute Gasteiger partial charge is 0.0101 e. The fourth-order valence-corrected chi connectivity index (χ4v) is 2.79. The van der Waals surface area contributed by atoms with E-state index in [0.29, 0.717) is 12.0 Å². The second-order valence-corrected chi connectivity index (χ2v) is 5.72. The summed E-state index contributed by atoms with van der Waals surface area (Å²) in [6, 6.07) is 11.6. The van der Waals surface area contributed by atoms with Gasteiger partial charge in [0.25, 0.3) is 0 Å². The van der Waals surface area contributed by atoms with Crippen molar-refractivity contribution < 1.29 is 0 Å². The molecule has 0 heterocycles. The summed E-state index contributed by atoms with van der Waals surface area (Å²) in [7, 11) is 0. The highest BCUT2D eigenvalue weighted by Gasteiger charge is 2.35. The highest BCUT2D eigenvalue weighted by atomic mass is 14.9. The summed E-state index contributed by atoms with van der Waals surface area (Å²) in [5.41, 5.74) is 1.75. The van der Waals surface area contributed by atoms with Gasteiger partial charge in [0, 0.05) is 18.0 Å². The molecule has 1 nitrogen and oxygen atoms in total. The maximum Gasteiger partial charge on any atom is 0.0101 e. The van der Waals surface area contributed by atoms with Crippen LogP contribution in [-0.2, 0) is 5.41 Å². The van der Waals surface area contributed by atoms with Gasteiger partial charge in [-0.3, -0.25) is 0 Å². The highest BCUT2D eigenvalue weighted by Crippen LogP contribution is 2.37. The van der Waals surface area contributed by atoms with E-state index in [1.165, 1.54) is 18.4 Å². The predicted molar refractivity (Wildman–Crippen MR) is 81.0 cm³/mol. The molecular weight excluding hydrogens is 218 g/mol. The Labute approximate surface area is 113 Å².